The largest absolute Gasteiger partial charge is 0.461 e. The molecule has 2 aliphatic heterocycles. The van der Waals surface area contributed by atoms with E-state index in [1.54, 1.807) is 12.5 Å². The second kappa shape index (κ2) is 5.34. The summed E-state index contributed by atoms with van der Waals surface area (Å²) in [6.45, 7) is 4.22. The molecular formula is C20H20N2O2. The summed E-state index contributed by atoms with van der Waals surface area (Å²) in [5.74, 6) is 1.75. The van der Waals surface area contributed by atoms with E-state index in [0.29, 0.717) is 0 Å². The highest BCUT2D eigenvalue weighted by atomic mass is 16.5. The molecule has 0 radical (unpaired) electrons. The zero-order valence-corrected chi connectivity index (χ0v) is 14.3. The van der Waals surface area contributed by atoms with Crippen LogP contribution < -0.4 is 19.3 Å². The number of aryl methyl sites for hydroxylation is 2. The second-order valence-corrected chi connectivity index (χ2v) is 6.24. The van der Waals surface area contributed by atoms with Gasteiger partial charge >= 0.3 is 0 Å². The van der Waals surface area contributed by atoms with Crippen LogP contribution in [0.3, 0.4) is 0 Å². The first-order valence-electron chi connectivity index (χ1n) is 7.98. The first-order chi connectivity index (χ1) is 11.6. The summed E-state index contributed by atoms with van der Waals surface area (Å²) in [4.78, 5) is 4.14. The maximum absolute atomic E-state index is 5.92. The van der Waals surface area contributed by atoms with E-state index < -0.39 is 0 Å². The van der Waals surface area contributed by atoms with Crippen LogP contribution >= 0.6 is 0 Å². The van der Waals surface area contributed by atoms with Gasteiger partial charge in [-0.25, -0.2) is 0 Å². The Morgan fingerprint density at radius 3 is 1.50 bits per heavy atom. The lowest BCUT2D eigenvalue weighted by atomic mass is 9.92. The quantitative estimate of drug-likeness (QED) is 0.768. The number of fused-ring (bicyclic) bond motifs is 2. The van der Waals surface area contributed by atoms with Crippen LogP contribution in [0.4, 0.5) is 11.4 Å². The topological polar surface area (TPSA) is 24.9 Å². The zero-order chi connectivity index (χ0) is 16.8. The van der Waals surface area contributed by atoms with E-state index in [1.807, 2.05) is 26.5 Å². The van der Waals surface area contributed by atoms with Crippen molar-refractivity contribution in [1.29, 1.82) is 0 Å². The number of ether oxygens (including phenoxy) is 2. The van der Waals surface area contributed by atoms with Crippen molar-refractivity contribution in [1.82, 2.24) is 0 Å². The van der Waals surface area contributed by atoms with Gasteiger partial charge in [-0.05, 0) is 37.1 Å². The Labute approximate surface area is 142 Å². The highest BCUT2D eigenvalue weighted by molar-refractivity contribution is 5.90. The SMILES string of the molecule is Cc1ccc2c(c1-c1c(C)ccc3c1OC=CN3C)OC=CN2C. The third-order valence-corrected chi connectivity index (χ3v) is 4.64. The van der Waals surface area contributed by atoms with Crippen molar-refractivity contribution < 1.29 is 9.47 Å². The van der Waals surface area contributed by atoms with E-state index in [4.69, 9.17) is 9.47 Å². The molecule has 0 spiro atoms. The second-order valence-electron chi connectivity index (χ2n) is 6.24. The van der Waals surface area contributed by atoms with E-state index in [0.717, 1.165) is 45.1 Å². The lowest BCUT2D eigenvalue weighted by Gasteiger charge is -2.29. The number of hydrogen-bond acceptors (Lipinski definition) is 4. The molecule has 4 nitrogen and oxygen atoms in total. The van der Waals surface area contributed by atoms with Gasteiger partial charge < -0.3 is 19.3 Å². The molecule has 0 aromatic heterocycles. The fourth-order valence-electron chi connectivity index (χ4n) is 3.30. The van der Waals surface area contributed by atoms with Crippen LogP contribution in [-0.4, -0.2) is 14.1 Å². The van der Waals surface area contributed by atoms with Gasteiger partial charge in [-0.2, -0.15) is 0 Å². The van der Waals surface area contributed by atoms with Gasteiger partial charge in [0, 0.05) is 37.6 Å². The fraction of sp³-hybridized carbons (Fsp3) is 0.200. The van der Waals surface area contributed by atoms with E-state index in [9.17, 15) is 0 Å². The lowest BCUT2D eigenvalue weighted by Crippen LogP contribution is -2.16. The first-order valence-corrected chi connectivity index (χ1v) is 7.98. The summed E-state index contributed by atoms with van der Waals surface area (Å²) < 4.78 is 11.8. The van der Waals surface area contributed by atoms with Crippen LogP contribution in [-0.2, 0) is 0 Å². The molecule has 0 unspecified atom stereocenters. The predicted octanol–water partition coefficient (Wildman–Crippen LogP) is 4.57. The molecule has 0 atom stereocenters. The molecule has 4 heteroatoms. The number of hydrogen-bond donors (Lipinski definition) is 0. The highest BCUT2D eigenvalue weighted by Crippen LogP contribution is 2.50. The van der Waals surface area contributed by atoms with Gasteiger partial charge in [0.05, 0.1) is 11.4 Å². The van der Waals surface area contributed by atoms with Gasteiger partial charge in [0.15, 0.2) is 11.5 Å². The summed E-state index contributed by atoms with van der Waals surface area (Å²) in [7, 11) is 4.05. The Bertz CT molecular complexity index is 810. The van der Waals surface area contributed by atoms with Gasteiger partial charge in [0.25, 0.3) is 0 Å². The average Bonchev–Trinajstić information content (AvgIpc) is 2.56. The minimum Gasteiger partial charge on any atom is -0.461 e. The monoisotopic (exact) mass is 320 g/mol. The van der Waals surface area contributed by atoms with Gasteiger partial charge in [0.2, 0.25) is 0 Å². The molecule has 24 heavy (non-hydrogen) atoms. The maximum Gasteiger partial charge on any atom is 0.158 e. The molecule has 0 amide bonds. The lowest BCUT2D eigenvalue weighted by molar-refractivity contribution is 0.466. The molecule has 2 aliphatic rings. The van der Waals surface area contributed by atoms with Crippen LogP contribution in [0, 0.1) is 13.8 Å². The third-order valence-electron chi connectivity index (χ3n) is 4.64. The Balaban J connectivity index is 2.03. The minimum absolute atomic E-state index is 0.873. The molecule has 0 saturated carbocycles. The van der Waals surface area contributed by atoms with Crippen LogP contribution in [0.1, 0.15) is 11.1 Å². The first kappa shape index (κ1) is 14.7. The number of benzene rings is 2. The Morgan fingerprint density at radius 1 is 0.667 bits per heavy atom. The van der Waals surface area contributed by atoms with E-state index >= 15 is 0 Å². The van der Waals surface area contributed by atoms with Crippen molar-refractivity contribution in [3.63, 3.8) is 0 Å². The Morgan fingerprint density at radius 2 is 1.08 bits per heavy atom. The summed E-state index contributed by atoms with van der Waals surface area (Å²) in [5.41, 5.74) is 6.60. The van der Waals surface area contributed by atoms with Gasteiger partial charge in [0.1, 0.15) is 12.5 Å². The van der Waals surface area contributed by atoms with Crippen LogP contribution in [0.15, 0.2) is 49.2 Å². The van der Waals surface area contributed by atoms with E-state index in [1.165, 1.54) is 0 Å². The molecule has 122 valence electrons. The zero-order valence-electron chi connectivity index (χ0n) is 14.3. The minimum atomic E-state index is 0.873. The smallest absolute Gasteiger partial charge is 0.158 e. The molecule has 0 aliphatic carbocycles. The average molecular weight is 320 g/mol. The van der Waals surface area contributed by atoms with E-state index in [-0.39, 0.29) is 0 Å². The number of rotatable bonds is 1. The molecular weight excluding hydrogens is 300 g/mol. The third kappa shape index (κ3) is 2.07. The van der Waals surface area contributed by atoms with Gasteiger partial charge in [-0.1, -0.05) is 12.1 Å². The van der Waals surface area contributed by atoms with Crippen molar-refractivity contribution >= 4 is 11.4 Å². The fourth-order valence-corrected chi connectivity index (χ4v) is 3.30. The van der Waals surface area contributed by atoms with E-state index in [2.05, 4.69) is 47.9 Å². The molecule has 0 bridgehead atoms. The van der Waals surface area contributed by atoms with Crippen LogP contribution in [0.5, 0.6) is 11.5 Å². The van der Waals surface area contributed by atoms with Crippen molar-refractivity contribution in [3.05, 3.63) is 60.3 Å². The standard InChI is InChI=1S/C20H20N2O2/c1-13-5-7-15-19(23-11-9-21(15)3)17(13)18-14(2)6-8-16-20(18)24-12-10-22(16)4/h5-12H,1-4H3. The maximum atomic E-state index is 5.92. The Hall–Kier alpha value is -2.88. The number of nitrogens with zero attached hydrogens (tertiary/aromatic N) is 2. The molecule has 2 heterocycles. The normalized spacial score (nSPS) is 14.8. The molecule has 4 rings (SSSR count). The summed E-state index contributed by atoms with van der Waals surface area (Å²) in [6.07, 6.45) is 7.29. The molecule has 2 aromatic rings. The van der Waals surface area contributed by atoms with Crippen molar-refractivity contribution in [2.24, 2.45) is 0 Å². The number of anilines is 2. The van der Waals surface area contributed by atoms with Gasteiger partial charge in [-0.3, -0.25) is 0 Å². The highest BCUT2D eigenvalue weighted by Gasteiger charge is 2.25. The van der Waals surface area contributed by atoms with Crippen molar-refractivity contribution in [2.75, 3.05) is 23.9 Å². The van der Waals surface area contributed by atoms with Crippen molar-refractivity contribution in [2.45, 2.75) is 13.8 Å². The summed E-state index contributed by atoms with van der Waals surface area (Å²) >= 11 is 0. The predicted molar refractivity (Wildman–Crippen MR) is 97.7 cm³/mol. The molecule has 2 aromatic carbocycles. The van der Waals surface area contributed by atoms with Gasteiger partial charge in [-0.15, -0.1) is 0 Å². The van der Waals surface area contributed by atoms with Crippen molar-refractivity contribution in [3.8, 4) is 22.6 Å². The summed E-state index contributed by atoms with van der Waals surface area (Å²) in [6, 6.07) is 8.45. The molecule has 0 saturated heterocycles. The molecule has 0 fully saturated rings. The Kier molecular flexibility index (Phi) is 3.27. The van der Waals surface area contributed by atoms with Crippen LogP contribution in [0.2, 0.25) is 0 Å². The molecule has 0 N–H and O–H groups in total. The summed E-state index contributed by atoms with van der Waals surface area (Å²) in [5, 5.41) is 0. The van der Waals surface area contributed by atoms with Crippen LogP contribution in [0.25, 0.3) is 11.1 Å².